The van der Waals surface area contributed by atoms with Gasteiger partial charge in [0.05, 0.1) is 0 Å². The van der Waals surface area contributed by atoms with Gasteiger partial charge in [-0.3, -0.25) is 4.90 Å². The molecule has 0 bridgehead atoms. The molecule has 1 fully saturated rings. The topological polar surface area (TPSA) is 18.5 Å². The van der Waals surface area contributed by atoms with Crippen molar-refractivity contribution in [1.82, 2.24) is 10.2 Å². The van der Waals surface area contributed by atoms with Crippen LogP contribution in [0.4, 0.5) is 5.69 Å². The predicted molar refractivity (Wildman–Crippen MR) is 90.5 cm³/mol. The number of benzene rings is 1. The number of hydrogen-bond acceptors (Lipinski definition) is 3. The van der Waals surface area contributed by atoms with E-state index in [0.717, 1.165) is 24.1 Å². The van der Waals surface area contributed by atoms with Gasteiger partial charge < -0.3 is 10.2 Å². The third-order valence-corrected chi connectivity index (χ3v) is 5.04. The van der Waals surface area contributed by atoms with E-state index < -0.39 is 0 Å². The van der Waals surface area contributed by atoms with Gasteiger partial charge in [-0.2, -0.15) is 0 Å². The maximum Gasteiger partial charge on any atom is 0.0416 e. The summed E-state index contributed by atoms with van der Waals surface area (Å²) < 4.78 is 1.15. The van der Waals surface area contributed by atoms with E-state index in [9.17, 15) is 0 Å². The van der Waals surface area contributed by atoms with E-state index in [1.807, 2.05) is 7.05 Å². The largest absolute Gasteiger partial charge is 0.368 e. The average Bonchev–Trinajstić information content (AvgIpc) is 2.41. The van der Waals surface area contributed by atoms with Crippen LogP contribution in [-0.4, -0.2) is 44.2 Å². The first-order valence-corrected chi connectivity index (χ1v) is 8.07. The van der Waals surface area contributed by atoms with Crippen LogP contribution in [0.1, 0.15) is 32.4 Å². The first-order valence-electron chi connectivity index (χ1n) is 7.28. The highest BCUT2D eigenvalue weighted by atomic mass is 79.9. The molecule has 112 valence electrons. The predicted octanol–water partition coefficient (Wildman–Crippen LogP) is 3.26. The number of halogens is 1. The van der Waals surface area contributed by atoms with Crippen LogP contribution < -0.4 is 10.2 Å². The summed E-state index contributed by atoms with van der Waals surface area (Å²) in [5.41, 5.74) is 2.93. The van der Waals surface area contributed by atoms with Gasteiger partial charge in [-0.15, -0.1) is 0 Å². The third-order valence-electron chi connectivity index (χ3n) is 4.55. The minimum Gasteiger partial charge on any atom is -0.368 e. The Morgan fingerprint density at radius 2 is 2.00 bits per heavy atom. The first kappa shape index (κ1) is 15.8. The second-order valence-electron chi connectivity index (χ2n) is 6.37. The Kier molecular flexibility index (Phi) is 4.77. The fourth-order valence-electron chi connectivity index (χ4n) is 2.76. The summed E-state index contributed by atoms with van der Waals surface area (Å²) in [4.78, 5) is 4.97. The molecule has 1 atom stereocenters. The zero-order valence-corrected chi connectivity index (χ0v) is 14.8. The number of nitrogens with zero attached hydrogens (tertiary/aromatic N) is 2. The summed E-state index contributed by atoms with van der Waals surface area (Å²) in [5.74, 6) is 0. The summed E-state index contributed by atoms with van der Waals surface area (Å²) >= 11 is 3.60. The van der Waals surface area contributed by atoms with Gasteiger partial charge >= 0.3 is 0 Å². The van der Waals surface area contributed by atoms with Crippen LogP contribution in [-0.2, 0) is 0 Å². The number of likely N-dealkylation sites (N-methyl/N-ethyl adjacent to an activating group) is 1. The molecule has 1 N–H and O–H groups in total. The molecule has 0 spiro atoms. The Bertz CT molecular complexity index is 473. The molecule has 1 saturated heterocycles. The van der Waals surface area contributed by atoms with Gasteiger partial charge in [0.1, 0.15) is 0 Å². The van der Waals surface area contributed by atoms with Crippen molar-refractivity contribution in [2.24, 2.45) is 0 Å². The van der Waals surface area contributed by atoms with Gasteiger partial charge in [0.15, 0.2) is 0 Å². The number of anilines is 1. The summed E-state index contributed by atoms with van der Waals surface area (Å²) in [7, 11) is 4.24. The van der Waals surface area contributed by atoms with Crippen molar-refractivity contribution in [3.05, 3.63) is 28.2 Å². The molecule has 1 unspecified atom stereocenters. The number of rotatable bonds is 3. The number of piperazine rings is 1. The molecule has 2 rings (SSSR count). The normalized spacial score (nSPS) is 21.0. The van der Waals surface area contributed by atoms with Gasteiger partial charge in [0, 0.05) is 41.4 Å². The Hall–Kier alpha value is -0.580. The Labute approximate surface area is 131 Å². The second kappa shape index (κ2) is 6.04. The number of nitrogens with one attached hydrogen (secondary N) is 1. The van der Waals surface area contributed by atoms with E-state index in [1.54, 1.807) is 0 Å². The first-order chi connectivity index (χ1) is 9.35. The SMILES string of the molecule is CNC(C)c1cc(Br)ccc1N1CCN(C)C(C)(C)C1. The van der Waals surface area contributed by atoms with Crippen molar-refractivity contribution in [1.29, 1.82) is 0 Å². The van der Waals surface area contributed by atoms with E-state index in [-0.39, 0.29) is 5.54 Å². The zero-order valence-electron chi connectivity index (χ0n) is 13.2. The molecule has 0 radical (unpaired) electrons. The minimum atomic E-state index is 0.214. The molecular weight excluding hydrogens is 314 g/mol. The second-order valence-corrected chi connectivity index (χ2v) is 7.28. The van der Waals surface area contributed by atoms with Crippen molar-refractivity contribution in [3.63, 3.8) is 0 Å². The standard InChI is InChI=1S/C16H26BrN3/c1-12(18-4)14-10-13(17)6-7-15(14)20-9-8-19(5)16(2,3)11-20/h6-7,10,12,18H,8-9,11H2,1-5H3. The van der Waals surface area contributed by atoms with Gasteiger partial charge in [0.2, 0.25) is 0 Å². The van der Waals surface area contributed by atoms with Crippen molar-refractivity contribution < 1.29 is 0 Å². The van der Waals surface area contributed by atoms with E-state index in [4.69, 9.17) is 0 Å². The lowest BCUT2D eigenvalue weighted by Gasteiger charge is -2.47. The molecule has 1 aliphatic rings. The maximum absolute atomic E-state index is 3.60. The molecule has 0 amide bonds. The Balaban J connectivity index is 2.33. The molecule has 0 aliphatic carbocycles. The van der Waals surface area contributed by atoms with E-state index in [1.165, 1.54) is 11.3 Å². The zero-order chi connectivity index (χ0) is 14.9. The minimum absolute atomic E-state index is 0.214. The van der Waals surface area contributed by atoms with Gasteiger partial charge in [-0.25, -0.2) is 0 Å². The van der Waals surface area contributed by atoms with E-state index in [2.05, 4.69) is 77.1 Å². The van der Waals surface area contributed by atoms with Crippen LogP contribution in [0.3, 0.4) is 0 Å². The smallest absolute Gasteiger partial charge is 0.0416 e. The maximum atomic E-state index is 3.60. The molecular formula is C16H26BrN3. The highest BCUT2D eigenvalue weighted by Gasteiger charge is 2.32. The highest BCUT2D eigenvalue weighted by Crippen LogP contribution is 2.32. The Morgan fingerprint density at radius 3 is 2.60 bits per heavy atom. The summed E-state index contributed by atoms with van der Waals surface area (Å²) in [5, 5.41) is 3.36. The van der Waals surface area contributed by atoms with Crippen LogP contribution in [0, 0.1) is 0 Å². The highest BCUT2D eigenvalue weighted by molar-refractivity contribution is 9.10. The lowest BCUT2D eigenvalue weighted by molar-refractivity contribution is 0.138. The summed E-state index contributed by atoms with van der Waals surface area (Å²) in [6.45, 7) is 10.1. The van der Waals surface area contributed by atoms with Crippen molar-refractivity contribution >= 4 is 21.6 Å². The van der Waals surface area contributed by atoms with Crippen molar-refractivity contribution in [2.75, 3.05) is 38.6 Å². The molecule has 0 aromatic heterocycles. The summed E-state index contributed by atoms with van der Waals surface area (Å²) in [6, 6.07) is 6.98. The average molecular weight is 340 g/mol. The van der Waals surface area contributed by atoms with Crippen LogP contribution >= 0.6 is 15.9 Å². The van der Waals surface area contributed by atoms with Gasteiger partial charge in [-0.05, 0) is 58.6 Å². The monoisotopic (exact) mass is 339 g/mol. The lowest BCUT2D eigenvalue weighted by Crippen LogP contribution is -2.58. The number of hydrogen-bond donors (Lipinski definition) is 1. The Morgan fingerprint density at radius 1 is 1.30 bits per heavy atom. The fourth-order valence-corrected chi connectivity index (χ4v) is 3.14. The molecule has 4 heteroatoms. The molecule has 1 aliphatic heterocycles. The van der Waals surface area contributed by atoms with Crippen molar-refractivity contribution in [2.45, 2.75) is 32.4 Å². The molecule has 1 aromatic carbocycles. The van der Waals surface area contributed by atoms with E-state index >= 15 is 0 Å². The molecule has 1 heterocycles. The van der Waals surface area contributed by atoms with Gasteiger partial charge in [-0.1, -0.05) is 15.9 Å². The summed E-state index contributed by atoms with van der Waals surface area (Å²) in [6.07, 6.45) is 0. The lowest BCUT2D eigenvalue weighted by atomic mass is 9.97. The molecule has 1 aromatic rings. The van der Waals surface area contributed by atoms with Gasteiger partial charge in [0.25, 0.3) is 0 Å². The van der Waals surface area contributed by atoms with Crippen LogP contribution in [0.15, 0.2) is 22.7 Å². The van der Waals surface area contributed by atoms with Crippen molar-refractivity contribution in [3.8, 4) is 0 Å². The van der Waals surface area contributed by atoms with Crippen LogP contribution in [0.25, 0.3) is 0 Å². The molecule has 20 heavy (non-hydrogen) atoms. The van der Waals surface area contributed by atoms with Crippen LogP contribution in [0.5, 0.6) is 0 Å². The third kappa shape index (κ3) is 3.18. The fraction of sp³-hybridized carbons (Fsp3) is 0.625. The van der Waals surface area contributed by atoms with E-state index in [0.29, 0.717) is 6.04 Å². The molecule has 3 nitrogen and oxygen atoms in total. The molecule has 0 saturated carbocycles. The van der Waals surface area contributed by atoms with Crippen LogP contribution in [0.2, 0.25) is 0 Å². The quantitative estimate of drug-likeness (QED) is 0.911.